The Morgan fingerprint density at radius 3 is 2.68 bits per heavy atom. The molecule has 3 aromatic rings. The number of hydrogen-bond donors (Lipinski definition) is 1. The minimum absolute atomic E-state index is 1.00. The van der Waals surface area contributed by atoms with Gasteiger partial charge in [0.15, 0.2) is 0 Å². The molecule has 0 unspecified atom stereocenters. The standard InChI is InChI=1S/C16H13BrN2/c1-11-10-12(17)6-7-14(11)19-16-8-9-18-15-5-3-2-4-13(15)16/h2-10H,1H3,(H,18,19). The highest BCUT2D eigenvalue weighted by molar-refractivity contribution is 9.10. The van der Waals surface area contributed by atoms with Gasteiger partial charge in [0.2, 0.25) is 0 Å². The van der Waals surface area contributed by atoms with Gasteiger partial charge >= 0.3 is 0 Å². The molecule has 1 heterocycles. The average Bonchev–Trinajstić information content (AvgIpc) is 2.42. The van der Waals surface area contributed by atoms with Gasteiger partial charge in [0.05, 0.1) is 5.52 Å². The van der Waals surface area contributed by atoms with Gasteiger partial charge in [-0.25, -0.2) is 0 Å². The third-order valence-electron chi connectivity index (χ3n) is 3.11. The zero-order valence-corrected chi connectivity index (χ0v) is 12.1. The molecule has 0 bridgehead atoms. The fourth-order valence-corrected chi connectivity index (χ4v) is 2.59. The largest absolute Gasteiger partial charge is 0.355 e. The first-order valence-electron chi connectivity index (χ1n) is 6.11. The zero-order chi connectivity index (χ0) is 13.2. The van der Waals surface area contributed by atoms with Crippen molar-refractivity contribution in [2.24, 2.45) is 0 Å². The normalized spacial score (nSPS) is 10.6. The summed E-state index contributed by atoms with van der Waals surface area (Å²) in [7, 11) is 0. The lowest BCUT2D eigenvalue weighted by Gasteiger charge is -2.12. The van der Waals surface area contributed by atoms with Crippen LogP contribution in [0.1, 0.15) is 5.56 Å². The molecule has 2 aromatic carbocycles. The molecule has 1 N–H and O–H groups in total. The van der Waals surface area contributed by atoms with Crippen molar-refractivity contribution in [3.05, 3.63) is 64.8 Å². The van der Waals surface area contributed by atoms with Crippen LogP contribution in [0.4, 0.5) is 11.4 Å². The molecule has 0 saturated carbocycles. The maximum absolute atomic E-state index is 4.37. The Balaban J connectivity index is 2.06. The van der Waals surface area contributed by atoms with E-state index < -0.39 is 0 Å². The van der Waals surface area contributed by atoms with E-state index in [1.807, 2.05) is 36.5 Å². The van der Waals surface area contributed by atoms with Crippen LogP contribution < -0.4 is 5.32 Å². The van der Waals surface area contributed by atoms with E-state index in [0.717, 1.165) is 26.8 Å². The van der Waals surface area contributed by atoms with E-state index in [1.165, 1.54) is 5.56 Å². The Hall–Kier alpha value is -1.87. The molecule has 0 amide bonds. The smallest absolute Gasteiger partial charge is 0.0722 e. The van der Waals surface area contributed by atoms with Crippen LogP contribution in [0, 0.1) is 6.92 Å². The Morgan fingerprint density at radius 2 is 1.84 bits per heavy atom. The molecule has 0 saturated heterocycles. The zero-order valence-electron chi connectivity index (χ0n) is 10.5. The highest BCUT2D eigenvalue weighted by Crippen LogP contribution is 2.27. The molecule has 0 aliphatic rings. The molecular weight excluding hydrogens is 300 g/mol. The molecule has 1 aromatic heterocycles. The second kappa shape index (κ2) is 5.02. The number of halogens is 1. The fraction of sp³-hybridized carbons (Fsp3) is 0.0625. The summed E-state index contributed by atoms with van der Waals surface area (Å²) in [6.07, 6.45) is 1.83. The van der Waals surface area contributed by atoms with E-state index in [-0.39, 0.29) is 0 Å². The van der Waals surface area contributed by atoms with Crippen molar-refractivity contribution < 1.29 is 0 Å². The number of pyridine rings is 1. The number of nitrogens with zero attached hydrogens (tertiary/aromatic N) is 1. The topological polar surface area (TPSA) is 24.9 Å². The van der Waals surface area contributed by atoms with Gasteiger partial charge in [-0.15, -0.1) is 0 Å². The predicted molar refractivity (Wildman–Crippen MR) is 83.9 cm³/mol. The third-order valence-corrected chi connectivity index (χ3v) is 3.60. The summed E-state index contributed by atoms with van der Waals surface area (Å²) in [5, 5.41) is 4.61. The summed E-state index contributed by atoms with van der Waals surface area (Å²) >= 11 is 3.48. The lowest BCUT2D eigenvalue weighted by Crippen LogP contribution is -1.94. The molecule has 19 heavy (non-hydrogen) atoms. The monoisotopic (exact) mass is 312 g/mol. The number of benzene rings is 2. The Labute approximate surface area is 120 Å². The van der Waals surface area contributed by atoms with Gasteiger partial charge < -0.3 is 5.32 Å². The average molecular weight is 313 g/mol. The predicted octanol–water partition coefficient (Wildman–Crippen LogP) is 5.05. The first-order valence-corrected chi connectivity index (χ1v) is 6.90. The Kier molecular flexibility index (Phi) is 3.22. The Morgan fingerprint density at radius 1 is 1.00 bits per heavy atom. The minimum Gasteiger partial charge on any atom is -0.355 e. The summed E-state index contributed by atoms with van der Waals surface area (Å²) in [6, 6.07) is 16.4. The maximum atomic E-state index is 4.37. The van der Waals surface area contributed by atoms with Crippen molar-refractivity contribution in [1.82, 2.24) is 4.98 Å². The van der Waals surface area contributed by atoms with E-state index in [2.05, 4.69) is 51.4 Å². The van der Waals surface area contributed by atoms with Gasteiger partial charge in [-0.2, -0.15) is 0 Å². The van der Waals surface area contributed by atoms with E-state index in [0.29, 0.717) is 0 Å². The molecule has 3 heteroatoms. The molecule has 94 valence electrons. The van der Waals surface area contributed by atoms with Crippen molar-refractivity contribution in [2.45, 2.75) is 6.92 Å². The van der Waals surface area contributed by atoms with Gasteiger partial charge in [0.25, 0.3) is 0 Å². The highest BCUT2D eigenvalue weighted by Gasteiger charge is 2.03. The summed E-state index contributed by atoms with van der Waals surface area (Å²) in [6.45, 7) is 2.09. The number of hydrogen-bond acceptors (Lipinski definition) is 2. The van der Waals surface area contributed by atoms with Gasteiger partial charge in [-0.05, 0) is 42.8 Å². The molecule has 2 nitrogen and oxygen atoms in total. The van der Waals surface area contributed by atoms with E-state index in [4.69, 9.17) is 0 Å². The molecule has 0 aliphatic heterocycles. The van der Waals surface area contributed by atoms with Crippen LogP contribution in [0.25, 0.3) is 10.9 Å². The Bertz CT molecular complexity index is 732. The number of nitrogens with one attached hydrogen (secondary N) is 1. The lowest BCUT2D eigenvalue weighted by atomic mass is 10.1. The van der Waals surface area contributed by atoms with Crippen molar-refractivity contribution >= 4 is 38.2 Å². The van der Waals surface area contributed by atoms with Crippen molar-refractivity contribution in [1.29, 1.82) is 0 Å². The first kappa shape index (κ1) is 12.2. The molecular formula is C16H13BrN2. The van der Waals surface area contributed by atoms with Gasteiger partial charge in [0, 0.05) is 27.4 Å². The van der Waals surface area contributed by atoms with Crippen molar-refractivity contribution in [2.75, 3.05) is 5.32 Å². The number of fused-ring (bicyclic) bond motifs is 1. The highest BCUT2D eigenvalue weighted by atomic mass is 79.9. The molecule has 3 rings (SSSR count). The number of anilines is 2. The fourth-order valence-electron chi connectivity index (χ4n) is 2.12. The van der Waals surface area contributed by atoms with Gasteiger partial charge in [0.1, 0.15) is 0 Å². The van der Waals surface area contributed by atoms with Crippen LogP contribution in [-0.2, 0) is 0 Å². The summed E-state index contributed by atoms with van der Waals surface area (Å²) in [4.78, 5) is 4.37. The van der Waals surface area contributed by atoms with Gasteiger partial charge in [-0.3, -0.25) is 4.98 Å². The van der Waals surface area contributed by atoms with Crippen LogP contribution in [0.15, 0.2) is 59.2 Å². The quantitative estimate of drug-likeness (QED) is 0.716. The van der Waals surface area contributed by atoms with Crippen molar-refractivity contribution in [3.8, 4) is 0 Å². The lowest BCUT2D eigenvalue weighted by molar-refractivity contribution is 1.39. The number of aryl methyl sites for hydroxylation is 1. The molecule has 0 radical (unpaired) electrons. The second-order valence-corrected chi connectivity index (χ2v) is 5.38. The minimum atomic E-state index is 1.00. The van der Waals surface area contributed by atoms with E-state index >= 15 is 0 Å². The number of rotatable bonds is 2. The maximum Gasteiger partial charge on any atom is 0.0722 e. The first-order chi connectivity index (χ1) is 9.24. The summed E-state index contributed by atoms with van der Waals surface area (Å²) < 4.78 is 1.09. The summed E-state index contributed by atoms with van der Waals surface area (Å²) in [5.41, 5.74) is 4.40. The van der Waals surface area contributed by atoms with Crippen LogP contribution in [0.5, 0.6) is 0 Å². The molecule has 0 atom stereocenters. The van der Waals surface area contributed by atoms with E-state index in [1.54, 1.807) is 0 Å². The molecule has 0 spiro atoms. The number of aromatic nitrogens is 1. The van der Waals surface area contributed by atoms with Crippen molar-refractivity contribution in [3.63, 3.8) is 0 Å². The van der Waals surface area contributed by atoms with Crippen LogP contribution >= 0.6 is 15.9 Å². The molecule has 0 fully saturated rings. The van der Waals surface area contributed by atoms with Crippen LogP contribution in [-0.4, -0.2) is 4.98 Å². The van der Waals surface area contributed by atoms with Crippen LogP contribution in [0.3, 0.4) is 0 Å². The second-order valence-electron chi connectivity index (χ2n) is 4.46. The third kappa shape index (κ3) is 2.47. The SMILES string of the molecule is Cc1cc(Br)ccc1Nc1ccnc2ccccc12. The van der Waals surface area contributed by atoms with Gasteiger partial charge in [-0.1, -0.05) is 34.1 Å². The van der Waals surface area contributed by atoms with Crippen LogP contribution in [0.2, 0.25) is 0 Å². The summed E-state index contributed by atoms with van der Waals surface area (Å²) in [5.74, 6) is 0. The molecule has 0 aliphatic carbocycles. The number of para-hydroxylation sites is 1. The van der Waals surface area contributed by atoms with E-state index in [9.17, 15) is 0 Å².